The zero-order valence-electron chi connectivity index (χ0n) is 10.6. The maximum atomic E-state index is 13.1. The summed E-state index contributed by atoms with van der Waals surface area (Å²) in [5.41, 5.74) is -0.161. The summed E-state index contributed by atoms with van der Waals surface area (Å²) in [6.07, 6.45) is -0.417. The molecule has 0 radical (unpaired) electrons. The highest BCUT2D eigenvalue weighted by molar-refractivity contribution is 5.70. The Morgan fingerprint density at radius 1 is 1.35 bits per heavy atom. The van der Waals surface area contributed by atoms with Gasteiger partial charge in [-0.15, -0.1) is 0 Å². The van der Waals surface area contributed by atoms with Crippen LogP contribution in [-0.4, -0.2) is 24.0 Å². The molecule has 5 nitrogen and oxygen atoms in total. The van der Waals surface area contributed by atoms with Crippen LogP contribution in [0.3, 0.4) is 0 Å². The summed E-state index contributed by atoms with van der Waals surface area (Å²) in [4.78, 5) is 21.2. The van der Waals surface area contributed by atoms with E-state index in [1.165, 1.54) is 0 Å². The summed E-state index contributed by atoms with van der Waals surface area (Å²) in [6.45, 7) is 0.914. The van der Waals surface area contributed by atoms with Crippen molar-refractivity contribution in [2.45, 2.75) is 19.3 Å². The fourth-order valence-corrected chi connectivity index (χ4v) is 1.70. The average Bonchev–Trinajstić information content (AvgIpc) is 2.34. The number of carbonyl (C=O) groups excluding carboxylic acids is 1. The van der Waals surface area contributed by atoms with Gasteiger partial charge in [-0.05, 0) is 24.6 Å². The van der Waals surface area contributed by atoms with E-state index in [0.717, 1.165) is 0 Å². The van der Waals surface area contributed by atoms with Crippen LogP contribution in [-0.2, 0) is 9.53 Å². The van der Waals surface area contributed by atoms with Crippen LogP contribution in [0, 0.1) is 27.6 Å². The number of nitro groups is 1. The number of hydrogen-bond acceptors (Lipinski definition) is 4. The Balaban J connectivity index is 3.04. The molecule has 1 rings (SSSR count). The van der Waals surface area contributed by atoms with Gasteiger partial charge in [-0.2, -0.15) is 0 Å². The second-order valence-corrected chi connectivity index (χ2v) is 4.02. The Morgan fingerprint density at radius 2 is 1.90 bits per heavy atom. The molecule has 8 heteroatoms. The molecule has 0 fully saturated rings. The molecule has 0 spiro atoms. The van der Waals surface area contributed by atoms with Crippen molar-refractivity contribution in [3.05, 3.63) is 45.3 Å². The van der Waals surface area contributed by atoms with Gasteiger partial charge in [0.2, 0.25) is 6.54 Å². The van der Waals surface area contributed by atoms with Crippen LogP contribution in [0.15, 0.2) is 12.1 Å². The summed E-state index contributed by atoms with van der Waals surface area (Å²) in [6, 6.07) is 1.29. The van der Waals surface area contributed by atoms with E-state index in [2.05, 4.69) is 4.74 Å². The first kappa shape index (κ1) is 15.9. The van der Waals surface area contributed by atoms with Gasteiger partial charge in [-0.1, -0.05) is 0 Å². The van der Waals surface area contributed by atoms with Crippen LogP contribution in [0.4, 0.5) is 13.2 Å². The molecule has 0 saturated heterocycles. The van der Waals surface area contributed by atoms with E-state index in [9.17, 15) is 28.1 Å². The first-order valence-electron chi connectivity index (χ1n) is 5.77. The molecule has 0 heterocycles. The monoisotopic (exact) mass is 291 g/mol. The Bertz CT molecular complexity index is 498. The number of carbonyl (C=O) groups is 1. The van der Waals surface area contributed by atoms with Crippen molar-refractivity contribution in [2.24, 2.45) is 0 Å². The minimum absolute atomic E-state index is 0.0795. The van der Waals surface area contributed by atoms with E-state index in [1.54, 1.807) is 6.92 Å². The zero-order valence-corrected chi connectivity index (χ0v) is 10.6. The van der Waals surface area contributed by atoms with E-state index in [1.807, 2.05) is 0 Å². The maximum Gasteiger partial charge on any atom is 0.306 e. The quantitative estimate of drug-likeness (QED) is 0.349. The minimum Gasteiger partial charge on any atom is -0.466 e. The van der Waals surface area contributed by atoms with Crippen molar-refractivity contribution in [2.75, 3.05) is 13.2 Å². The summed E-state index contributed by atoms with van der Waals surface area (Å²) >= 11 is 0. The predicted octanol–water partition coefficient (Wildman–Crippen LogP) is 2.42. The molecule has 20 heavy (non-hydrogen) atoms. The first-order valence-corrected chi connectivity index (χ1v) is 5.77. The van der Waals surface area contributed by atoms with Gasteiger partial charge in [0, 0.05) is 4.92 Å². The van der Waals surface area contributed by atoms with Crippen LogP contribution in [0.5, 0.6) is 0 Å². The zero-order chi connectivity index (χ0) is 15.3. The summed E-state index contributed by atoms with van der Waals surface area (Å²) in [5.74, 6) is -6.41. The third-order valence-corrected chi connectivity index (χ3v) is 2.57. The van der Waals surface area contributed by atoms with Crippen molar-refractivity contribution in [1.29, 1.82) is 0 Å². The van der Waals surface area contributed by atoms with Gasteiger partial charge in [-0.3, -0.25) is 14.9 Å². The molecule has 0 amide bonds. The van der Waals surface area contributed by atoms with E-state index in [-0.39, 0.29) is 12.2 Å². The molecule has 0 saturated carbocycles. The molecule has 0 aliphatic carbocycles. The molecule has 0 bridgehead atoms. The van der Waals surface area contributed by atoms with Crippen molar-refractivity contribution >= 4 is 5.97 Å². The fraction of sp³-hybridized carbons (Fsp3) is 0.417. The third-order valence-electron chi connectivity index (χ3n) is 2.57. The summed E-state index contributed by atoms with van der Waals surface area (Å²) < 4.78 is 43.7. The van der Waals surface area contributed by atoms with Crippen LogP contribution < -0.4 is 0 Å². The van der Waals surface area contributed by atoms with Gasteiger partial charge in [0.05, 0.1) is 18.9 Å². The van der Waals surface area contributed by atoms with Crippen LogP contribution in [0.1, 0.15) is 24.8 Å². The number of halogens is 3. The van der Waals surface area contributed by atoms with E-state index >= 15 is 0 Å². The van der Waals surface area contributed by atoms with Crippen molar-refractivity contribution < 1.29 is 27.6 Å². The number of esters is 1. The second kappa shape index (κ2) is 6.88. The lowest BCUT2D eigenvalue weighted by Gasteiger charge is -2.13. The van der Waals surface area contributed by atoms with Gasteiger partial charge < -0.3 is 4.74 Å². The van der Waals surface area contributed by atoms with Gasteiger partial charge in [-0.25, -0.2) is 13.2 Å². The normalized spacial score (nSPS) is 12.0. The number of hydrogen-bond donors (Lipinski definition) is 0. The minimum atomic E-state index is -1.66. The van der Waals surface area contributed by atoms with E-state index in [0.29, 0.717) is 12.1 Å². The average molecular weight is 291 g/mol. The van der Waals surface area contributed by atoms with Gasteiger partial charge in [0.1, 0.15) is 0 Å². The number of rotatable bonds is 6. The number of nitrogens with zero attached hydrogens (tertiary/aromatic N) is 1. The van der Waals surface area contributed by atoms with Crippen LogP contribution >= 0.6 is 0 Å². The van der Waals surface area contributed by atoms with Gasteiger partial charge in [0.25, 0.3) is 0 Å². The maximum absolute atomic E-state index is 13.1. The molecular formula is C12H12F3NO4. The molecule has 110 valence electrons. The lowest BCUT2D eigenvalue weighted by molar-refractivity contribution is -0.483. The molecule has 0 N–H and O–H groups in total. The predicted molar refractivity (Wildman–Crippen MR) is 62.2 cm³/mol. The number of ether oxygens (including phenoxy) is 1. The molecule has 1 atom stereocenters. The standard InChI is InChI=1S/C12H12F3NO4/c1-2-20-11(17)5-8(6-16(18)19)7-3-9(13)12(15)10(14)4-7/h3-4,8H,2,5-6H2,1H3. The molecule has 1 aromatic rings. The highest BCUT2D eigenvalue weighted by Crippen LogP contribution is 2.24. The van der Waals surface area contributed by atoms with E-state index in [4.69, 9.17) is 0 Å². The molecule has 0 aliphatic rings. The third kappa shape index (κ3) is 4.22. The Morgan fingerprint density at radius 3 is 2.35 bits per heavy atom. The van der Waals surface area contributed by atoms with Crippen LogP contribution in [0.2, 0.25) is 0 Å². The Hall–Kier alpha value is -2.12. The van der Waals surface area contributed by atoms with Crippen molar-refractivity contribution in [3.63, 3.8) is 0 Å². The largest absolute Gasteiger partial charge is 0.466 e. The smallest absolute Gasteiger partial charge is 0.306 e. The molecule has 1 unspecified atom stereocenters. The van der Waals surface area contributed by atoms with Crippen molar-refractivity contribution in [1.82, 2.24) is 0 Å². The van der Waals surface area contributed by atoms with Gasteiger partial charge >= 0.3 is 5.97 Å². The lowest BCUT2D eigenvalue weighted by atomic mass is 9.95. The number of benzene rings is 1. The molecule has 0 aliphatic heterocycles. The second-order valence-electron chi connectivity index (χ2n) is 4.02. The van der Waals surface area contributed by atoms with Crippen LogP contribution in [0.25, 0.3) is 0 Å². The first-order chi connectivity index (χ1) is 9.35. The highest BCUT2D eigenvalue weighted by atomic mass is 19.2. The topological polar surface area (TPSA) is 69.4 Å². The summed E-state index contributed by atoms with van der Waals surface area (Å²) in [5, 5.41) is 10.6. The van der Waals surface area contributed by atoms with E-state index < -0.39 is 47.2 Å². The molecule has 1 aromatic carbocycles. The molecular weight excluding hydrogens is 279 g/mol. The van der Waals surface area contributed by atoms with Crippen molar-refractivity contribution in [3.8, 4) is 0 Å². The fourth-order valence-electron chi connectivity index (χ4n) is 1.70. The van der Waals surface area contributed by atoms with Gasteiger partial charge in [0.15, 0.2) is 17.5 Å². The highest BCUT2D eigenvalue weighted by Gasteiger charge is 2.25. The Kier molecular flexibility index (Phi) is 5.48. The summed E-state index contributed by atoms with van der Waals surface area (Å²) in [7, 11) is 0. The SMILES string of the molecule is CCOC(=O)CC(C[N+](=O)[O-])c1cc(F)c(F)c(F)c1. The Labute approximate surface area is 112 Å². The lowest BCUT2D eigenvalue weighted by Crippen LogP contribution is -2.18. The molecule has 0 aromatic heterocycles.